The van der Waals surface area contributed by atoms with Crippen LogP contribution in [0, 0.1) is 11.8 Å². The number of hydrogen-bond acceptors (Lipinski definition) is 3. The summed E-state index contributed by atoms with van der Waals surface area (Å²) in [6.07, 6.45) is 3.66. The average molecular weight is 227 g/mol. The maximum absolute atomic E-state index is 11.5. The summed E-state index contributed by atoms with van der Waals surface area (Å²) in [5.41, 5.74) is 0. The van der Waals surface area contributed by atoms with Crippen molar-refractivity contribution in [3.63, 3.8) is 0 Å². The summed E-state index contributed by atoms with van der Waals surface area (Å²) in [7, 11) is 0. The van der Waals surface area contributed by atoms with Gasteiger partial charge in [-0.1, -0.05) is 13.8 Å². The third-order valence-electron chi connectivity index (χ3n) is 3.30. The molecule has 0 aromatic carbocycles. The van der Waals surface area contributed by atoms with Crippen molar-refractivity contribution in [3.8, 4) is 0 Å². The van der Waals surface area contributed by atoms with Crippen molar-refractivity contribution < 1.29 is 9.53 Å². The van der Waals surface area contributed by atoms with Gasteiger partial charge >= 0.3 is 5.97 Å². The lowest BCUT2D eigenvalue weighted by Crippen LogP contribution is -2.45. The first-order valence-electron chi connectivity index (χ1n) is 6.45. The predicted octanol–water partition coefficient (Wildman–Crippen LogP) is 2.35. The molecule has 1 saturated carbocycles. The lowest BCUT2D eigenvalue weighted by molar-refractivity contribution is -0.145. The van der Waals surface area contributed by atoms with Gasteiger partial charge in [-0.25, -0.2) is 0 Å². The number of ether oxygens (including phenoxy) is 1. The molecule has 1 N–H and O–H groups in total. The molecule has 3 unspecified atom stereocenters. The Hall–Kier alpha value is -0.570. The topological polar surface area (TPSA) is 38.3 Å². The summed E-state index contributed by atoms with van der Waals surface area (Å²) < 4.78 is 5.00. The van der Waals surface area contributed by atoms with Gasteiger partial charge in [0, 0.05) is 6.04 Å². The Kier molecular flexibility index (Phi) is 5.26. The number of carbonyl (C=O) groups is 1. The standard InChI is InChI=1S/C13H25NO2/c1-5-16-13(15)11(4)14-12-7-9(2)6-10(3)8-12/h9-12,14H,5-8H2,1-4H3. The fourth-order valence-electron chi connectivity index (χ4n) is 2.77. The SMILES string of the molecule is CCOC(=O)C(C)NC1CC(C)CC(C)C1. The first-order valence-corrected chi connectivity index (χ1v) is 6.45. The lowest BCUT2D eigenvalue weighted by atomic mass is 9.80. The summed E-state index contributed by atoms with van der Waals surface area (Å²) in [6.45, 7) is 8.78. The van der Waals surface area contributed by atoms with E-state index in [9.17, 15) is 4.79 Å². The van der Waals surface area contributed by atoms with Crippen LogP contribution in [0.15, 0.2) is 0 Å². The van der Waals surface area contributed by atoms with E-state index in [0.29, 0.717) is 12.6 Å². The number of esters is 1. The van der Waals surface area contributed by atoms with E-state index in [1.54, 1.807) is 0 Å². The Labute approximate surface area is 98.9 Å². The highest BCUT2D eigenvalue weighted by molar-refractivity contribution is 5.75. The van der Waals surface area contributed by atoms with Gasteiger partial charge in [0.1, 0.15) is 6.04 Å². The van der Waals surface area contributed by atoms with Gasteiger partial charge in [-0.05, 0) is 44.9 Å². The van der Waals surface area contributed by atoms with E-state index in [1.807, 2.05) is 13.8 Å². The Balaban J connectivity index is 2.38. The molecule has 3 atom stereocenters. The first kappa shape index (κ1) is 13.5. The third kappa shape index (κ3) is 4.12. The minimum atomic E-state index is -0.178. The highest BCUT2D eigenvalue weighted by Crippen LogP contribution is 2.28. The van der Waals surface area contributed by atoms with Crippen molar-refractivity contribution in [1.29, 1.82) is 0 Å². The molecule has 94 valence electrons. The minimum absolute atomic E-state index is 0.131. The van der Waals surface area contributed by atoms with Crippen LogP contribution in [0.5, 0.6) is 0 Å². The number of nitrogens with one attached hydrogen (secondary N) is 1. The fraction of sp³-hybridized carbons (Fsp3) is 0.923. The van der Waals surface area contributed by atoms with E-state index in [1.165, 1.54) is 19.3 Å². The summed E-state index contributed by atoms with van der Waals surface area (Å²) in [5.74, 6) is 1.39. The second kappa shape index (κ2) is 6.24. The minimum Gasteiger partial charge on any atom is -0.465 e. The maximum Gasteiger partial charge on any atom is 0.322 e. The van der Waals surface area contributed by atoms with Gasteiger partial charge in [0.15, 0.2) is 0 Å². The lowest BCUT2D eigenvalue weighted by Gasteiger charge is -2.33. The van der Waals surface area contributed by atoms with Crippen molar-refractivity contribution in [2.45, 2.75) is 59.0 Å². The maximum atomic E-state index is 11.5. The summed E-state index contributed by atoms with van der Waals surface area (Å²) in [5, 5.41) is 3.39. The van der Waals surface area contributed by atoms with Crippen LogP contribution in [0.4, 0.5) is 0 Å². The normalized spacial score (nSPS) is 32.1. The second-order valence-corrected chi connectivity index (χ2v) is 5.25. The molecule has 0 heterocycles. The van der Waals surface area contributed by atoms with Crippen LogP contribution in [-0.4, -0.2) is 24.7 Å². The highest BCUT2D eigenvalue weighted by Gasteiger charge is 2.26. The molecule has 0 amide bonds. The number of hydrogen-bond donors (Lipinski definition) is 1. The molecule has 3 nitrogen and oxygen atoms in total. The Bertz CT molecular complexity index is 220. The van der Waals surface area contributed by atoms with Crippen LogP contribution in [0.1, 0.15) is 47.0 Å². The van der Waals surface area contributed by atoms with Crippen LogP contribution in [0.2, 0.25) is 0 Å². The van der Waals surface area contributed by atoms with Gasteiger partial charge in [-0.15, -0.1) is 0 Å². The molecule has 0 aliphatic heterocycles. The Morgan fingerprint density at radius 3 is 2.38 bits per heavy atom. The monoisotopic (exact) mass is 227 g/mol. The summed E-state index contributed by atoms with van der Waals surface area (Å²) >= 11 is 0. The van der Waals surface area contributed by atoms with Gasteiger partial charge < -0.3 is 10.1 Å². The molecule has 1 rings (SSSR count). The number of carbonyl (C=O) groups excluding carboxylic acids is 1. The van der Waals surface area contributed by atoms with E-state index >= 15 is 0 Å². The largest absolute Gasteiger partial charge is 0.465 e. The van der Waals surface area contributed by atoms with Gasteiger partial charge in [0.05, 0.1) is 6.61 Å². The van der Waals surface area contributed by atoms with Gasteiger partial charge in [-0.2, -0.15) is 0 Å². The van der Waals surface area contributed by atoms with Crippen LogP contribution >= 0.6 is 0 Å². The molecule has 0 saturated heterocycles. The summed E-state index contributed by atoms with van der Waals surface area (Å²) in [4.78, 5) is 11.5. The van der Waals surface area contributed by atoms with Crippen LogP contribution < -0.4 is 5.32 Å². The van der Waals surface area contributed by atoms with Crippen molar-refractivity contribution in [3.05, 3.63) is 0 Å². The average Bonchev–Trinajstić information content (AvgIpc) is 2.16. The molecule has 0 spiro atoms. The van der Waals surface area contributed by atoms with E-state index in [0.717, 1.165) is 11.8 Å². The Morgan fingerprint density at radius 2 is 1.88 bits per heavy atom. The second-order valence-electron chi connectivity index (χ2n) is 5.25. The molecule has 1 fully saturated rings. The third-order valence-corrected chi connectivity index (χ3v) is 3.30. The molecule has 0 bridgehead atoms. The van der Waals surface area contributed by atoms with E-state index < -0.39 is 0 Å². The molecule has 16 heavy (non-hydrogen) atoms. The molecule has 1 aliphatic carbocycles. The number of rotatable bonds is 4. The van der Waals surface area contributed by atoms with Crippen LogP contribution in [-0.2, 0) is 9.53 Å². The van der Waals surface area contributed by atoms with E-state index in [-0.39, 0.29) is 12.0 Å². The zero-order chi connectivity index (χ0) is 12.1. The molecular formula is C13H25NO2. The molecule has 0 radical (unpaired) electrons. The van der Waals surface area contributed by atoms with Crippen molar-refractivity contribution in [1.82, 2.24) is 5.32 Å². The van der Waals surface area contributed by atoms with Crippen LogP contribution in [0.3, 0.4) is 0 Å². The van der Waals surface area contributed by atoms with Crippen LogP contribution in [0.25, 0.3) is 0 Å². The predicted molar refractivity (Wildman–Crippen MR) is 65.2 cm³/mol. The van der Waals surface area contributed by atoms with Crippen molar-refractivity contribution in [2.24, 2.45) is 11.8 Å². The Morgan fingerprint density at radius 1 is 1.31 bits per heavy atom. The van der Waals surface area contributed by atoms with E-state index in [4.69, 9.17) is 4.74 Å². The first-order chi connectivity index (χ1) is 7.52. The smallest absolute Gasteiger partial charge is 0.322 e. The molecule has 3 heteroatoms. The van der Waals surface area contributed by atoms with Gasteiger partial charge in [0.2, 0.25) is 0 Å². The quantitative estimate of drug-likeness (QED) is 0.749. The zero-order valence-electron chi connectivity index (χ0n) is 11.0. The molecule has 1 aliphatic rings. The fourth-order valence-corrected chi connectivity index (χ4v) is 2.77. The van der Waals surface area contributed by atoms with E-state index in [2.05, 4.69) is 19.2 Å². The summed E-state index contributed by atoms with van der Waals surface area (Å²) in [6, 6.07) is 0.292. The van der Waals surface area contributed by atoms with Gasteiger partial charge in [-0.3, -0.25) is 4.79 Å². The zero-order valence-corrected chi connectivity index (χ0v) is 11.0. The van der Waals surface area contributed by atoms with Gasteiger partial charge in [0.25, 0.3) is 0 Å². The molecular weight excluding hydrogens is 202 g/mol. The van der Waals surface area contributed by atoms with Crippen molar-refractivity contribution >= 4 is 5.97 Å². The molecule has 0 aromatic rings. The molecule has 0 aromatic heterocycles. The van der Waals surface area contributed by atoms with Crippen molar-refractivity contribution in [2.75, 3.05) is 6.61 Å². The highest BCUT2D eigenvalue weighted by atomic mass is 16.5.